The van der Waals surface area contributed by atoms with E-state index in [9.17, 15) is 9.59 Å². The van der Waals surface area contributed by atoms with Gasteiger partial charge in [0.05, 0.1) is 28.5 Å². The van der Waals surface area contributed by atoms with Gasteiger partial charge in [0.15, 0.2) is 4.34 Å². The Kier molecular flexibility index (Phi) is 9.43. The minimum atomic E-state index is -0.199. The summed E-state index contributed by atoms with van der Waals surface area (Å²) < 4.78 is 6.48. The summed E-state index contributed by atoms with van der Waals surface area (Å²) in [5, 5.41) is 8.42. The molecular weight excluding hydrogens is 479 g/mol. The van der Waals surface area contributed by atoms with Crippen LogP contribution in [0.15, 0.2) is 27.9 Å². The standard InChI is InChI=1S/C20H24Cl2N4O3S2/c1-2-23-19(28)17-11-30-20(25-17)31-12-18(27)24-8-14-10-26(5-6-29-14)9-13-3-4-15(21)16(22)7-13/h3-4,7,11,14H,2,5-6,8-10,12H2,1H3,(H,23,28)(H,24,27). The lowest BCUT2D eigenvalue weighted by atomic mass is 10.2. The van der Waals surface area contributed by atoms with E-state index in [-0.39, 0.29) is 23.7 Å². The highest BCUT2D eigenvalue weighted by Gasteiger charge is 2.21. The van der Waals surface area contributed by atoms with Gasteiger partial charge in [0.2, 0.25) is 5.91 Å². The first kappa shape index (κ1) is 24.3. The van der Waals surface area contributed by atoms with E-state index in [0.717, 1.165) is 25.2 Å². The van der Waals surface area contributed by atoms with Crippen molar-refractivity contribution in [1.82, 2.24) is 20.5 Å². The first-order valence-corrected chi connectivity index (χ1v) is 12.5. The Morgan fingerprint density at radius 1 is 1.32 bits per heavy atom. The number of nitrogens with one attached hydrogen (secondary N) is 2. The summed E-state index contributed by atoms with van der Waals surface area (Å²) in [7, 11) is 0. The molecule has 31 heavy (non-hydrogen) atoms. The van der Waals surface area contributed by atoms with E-state index in [4.69, 9.17) is 27.9 Å². The minimum absolute atomic E-state index is 0.0744. The van der Waals surface area contributed by atoms with E-state index in [0.29, 0.717) is 39.8 Å². The molecule has 1 unspecified atom stereocenters. The molecule has 168 valence electrons. The van der Waals surface area contributed by atoms with Crippen LogP contribution in [0.1, 0.15) is 23.0 Å². The Bertz CT molecular complexity index is 912. The molecular formula is C20H24Cl2N4O3S2. The van der Waals surface area contributed by atoms with Crippen molar-refractivity contribution in [3.8, 4) is 0 Å². The van der Waals surface area contributed by atoms with Crippen LogP contribution in [0, 0.1) is 0 Å². The molecule has 2 aromatic rings. The van der Waals surface area contributed by atoms with Crippen LogP contribution in [-0.4, -0.2) is 66.3 Å². The largest absolute Gasteiger partial charge is 0.374 e. The molecule has 2 heterocycles. The van der Waals surface area contributed by atoms with Gasteiger partial charge >= 0.3 is 0 Å². The quantitative estimate of drug-likeness (QED) is 0.511. The van der Waals surface area contributed by atoms with E-state index in [2.05, 4.69) is 20.5 Å². The van der Waals surface area contributed by atoms with Crippen LogP contribution in [0.4, 0.5) is 0 Å². The summed E-state index contributed by atoms with van der Waals surface area (Å²) in [4.78, 5) is 30.5. The second-order valence-electron chi connectivity index (χ2n) is 6.93. The average molecular weight is 503 g/mol. The van der Waals surface area contributed by atoms with Crippen molar-refractivity contribution in [2.45, 2.75) is 23.9 Å². The van der Waals surface area contributed by atoms with E-state index in [1.165, 1.54) is 23.1 Å². The van der Waals surface area contributed by atoms with Gasteiger partial charge in [-0.2, -0.15) is 0 Å². The van der Waals surface area contributed by atoms with Gasteiger partial charge in [-0.25, -0.2) is 4.98 Å². The van der Waals surface area contributed by atoms with E-state index in [1.54, 1.807) is 11.4 Å². The summed E-state index contributed by atoms with van der Waals surface area (Å²) in [6, 6.07) is 5.65. The molecule has 0 bridgehead atoms. The van der Waals surface area contributed by atoms with Gasteiger partial charge in [0.25, 0.3) is 5.91 Å². The third-order valence-electron chi connectivity index (χ3n) is 4.52. The molecule has 1 aromatic heterocycles. The number of amides is 2. The molecule has 1 aliphatic rings. The molecule has 1 fully saturated rings. The number of hydrogen-bond acceptors (Lipinski definition) is 7. The monoisotopic (exact) mass is 502 g/mol. The Hall–Kier alpha value is -1.36. The highest BCUT2D eigenvalue weighted by molar-refractivity contribution is 8.01. The summed E-state index contributed by atoms with van der Waals surface area (Å²) in [6.45, 7) is 5.74. The average Bonchev–Trinajstić information content (AvgIpc) is 3.23. The first-order chi connectivity index (χ1) is 14.9. The van der Waals surface area contributed by atoms with Gasteiger partial charge in [-0.15, -0.1) is 11.3 Å². The van der Waals surface area contributed by atoms with Gasteiger partial charge in [-0.05, 0) is 24.6 Å². The zero-order valence-corrected chi connectivity index (χ0v) is 20.2. The van der Waals surface area contributed by atoms with Crippen LogP contribution in [-0.2, 0) is 16.1 Å². The Labute approximate surface area is 199 Å². The second-order valence-corrected chi connectivity index (χ2v) is 9.82. The minimum Gasteiger partial charge on any atom is -0.374 e. The van der Waals surface area contributed by atoms with Gasteiger partial charge in [0, 0.05) is 38.1 Å². The maximum Gasteiger partial charge on any atom is 0.270 e. The van der Waals surface area contributed by atoms with E-state index >= 15 is 0 Å². The number of halogens is 2. The Balaban J connectivity index is 1.39. The smallest absolute Gasteiger partial charge is 0.270 e. The predicted molar refractivity (Wildman–Crippen MR) is 125 cm³/mol. The number of nitrogens with zero attached hydrogens (tertiary/aromatic N) is 2. The van der Waals surface area contributed by atoms with Crippen molar-refractivity contribution in [2.24, 2.45) is 0 Å². The number of aromatic nitrogens is 1. The van der Waals surface area contributed by atoms with Crippen LogP contribution >= 0.6 is 46.3 Å². The lowest BCUT2D eigenvalue weighted by molar-refractivity contribution is -0.119. The number of morpholine rings is 1. The number of thioether (sulfide) groups is 1. The third kappa shape index (κ3) is 7.62. The number of carbonyl (C=O) groups is 2. The molecule has 3 rings (SSSR count). The van der Waals surface area contributed by atoms with Gasteiger partial charge in [0.1, 0.15) is 5.69 Å². The Morgan fingerprint density at radius 3 is 2.94 bits per heavy atom. The van der Waals surface area contributed by atoms with Crippen LogP contribution in [0.25, 0.3) is 0 Å². The SMILES string of the molecule is CCNC(=O)c1csc(SCC(=O)NCC2CN(Cc3ccc(Cl)c(Cl)c3)CCO2)n1. The molecule has 11 heteroatoms. The van der Waals surface area contributed by atoms with Crippen molar-refractivity contribution in [3.63, 3.8) is 0 Å². The topological polar surface area (TPSA) is 83.6 Å². The summed E-state index contributed by atoms with van der Waals surface area (Å²) in [5.74, 6) is -0.0536. The second kappa shape index (κ2) is 12.0. The molecule has 0 spiro atoms. The number of carbonyl (C=O) groups excluding carboxylic acids is 2. The number of benzene rings is 1. The summed E-state index contributed by atoms with van der Waals surface area (Å²) in [5.41, 5.74) is 1.47. The molecule has 0 saturated carbocycles. The summed E-state index contributed by atoms with van der Waals surface area (Å²) >= 11 is 14.8. The molecule has 1 atom stereocenters. The highest BCUT2D eigenvalue weighted by atomic mass is 35.5. The predicted octanol–water partition coefficient (Wildman–Crippen LogP) is 3.31. The highest BCUT2D eigenvalue weighted by Crippen LogP contribution is 2.24. The molecule has 1 saturated heterocycles. The first-order valence-electron chi connectivity index (χ1n) is 9.85. The molecule has 2 N–H and O–H groups in total. The van der Waals surface area contributed by atoms with E-state index < -0.39 is 0 Å². The van der Waals surface area contributed by atoms with Gasteiger partial charge in [-0.1, -0.05) is 41.0 Å². The van der Waals surface area contributed by atoms with Crippen molar-refractivity contribution in [3.05, 3.63) is 44.9 Å². The normalized spacial score (nSPS) is 16.8. The lowest BCUT2D eigenvalue weighted by Gasteiger charge is -2.33. The number of hydrogen-bond donors (Lipinski definition) is 2. The van der Waals surface area contributed by atoms with Crippen molar-refractivity contribution >= 4 is 58.1 Å². The molecule has 2 amide bonds. The maximum absolute atomic E-state index is 12.2. The van der Waals surface area contributed by atoms with E-state index in [1.807, 2.05) is 19.1 Å². The third-order valence-corrected chi connectivity index (χ3v) is 7.28. The van der Waals surface area contributed by atoms with Crippen LogP contribution in [0.5, 0.6) is 0 Å². The molecule has 7 nitrogen and oxygen atoms in total. The molecule has 0 radical (unpaired) electrons. The number of rotatable bonds is 9. The van der Waals surface area contributed by atoms with Crippen molar-refractivity contribution < 1.29 is 14.3 Å². The fourth-order valence-corrected chi connectivity index (χ4v) is 4.99. The van der Waals surface area contributed by atoms with Crippen LogP contribution in [0.3, 0.4) is 0 Å². The zero-order valence-electron chi connectivity index (χ0n) is 17.0. The zero-order chi connectivity index (χ0) is 22.2. The number of ether oxygens (including phenoxy) is 1. The van der Waals surface area contributed by atoms with Crippen molar-refractivity contribution in [1.29, 1.82) is 0 Å². The molecule has 1 aliphatic heterocycles. The fourth-order valence-electron chi connectivity index (χ4n) is 3.03. The van der Waals surface area contributed by atoms with Gasteiger partial charge < -0.3 is 15.4 Å². The van der Waals surface area contributed by atoms with Gasteiger partial charge in [-0.3, -0.25) is 14.5 Å². The maximum atomic E-state index is 12.2. The summed E-state index contributed by atoms with van der Waals surface area (Å²) in [6.07, 6.45) is -0.0744. The fraction of sp³-hybridized carbons (Fsp3) is 0.450. The molecule has 0 aliphatic carbocycles. The molecule has 1 aromatic carbocycles. The number of thiazole rings is 1. The van der Waals surface area contributed by atoms with Crippen molar-refractivity contribution in [2.75, 3.05) is 38.5 Å². The van der Waals surface area contributed by atoms with Crippen LogP contribution in [0.2, 0.25) is 10.0 Å². The Morgan fingerprint density at radius 2 is 2.16 bits per heavy atom. The lowest BCUT2D eigenvalue weighted by Crippen LogP contribution is -2.47. The van der Waals surface area contributed by atoms with Crippen LogP contribution < -0.4 is 10.6 Å².